The first-order chi connectivity index (χ1) is 18.6. The number of hydrogen-bond acceptors (Lipinski definition) is 7. The summed E-state index contributed by atoms with van der Waals surface area (Å²) in [5.41, 5.74) is 3.24. The van der Waals surface area contributed by atoms with Gasteiger partial charge in [0, 0.05) is 24.4 Å². The maximum absolute atomic E-state index is 13.1. The van der Waals surface area contributed by atoms with Crippen LogP contribution in [0.1, 0.15) is 41.9 Å². The van der Waals surface area contributed by atoms with Gasteiger partial charge in [-0.25, -0.2) is 4.98 Å². The molecule has 0 bridgehead atoms. The summed E-state index contributed by atoms with van der Waals surface area (Å²) in [4.78, 5) is 26.2. The standard InChI is InChI=1S/C28H24ClN7O2/c1-2-38-19-9-10-23(32-16-19)27-35-34-26(36(27)24-8-4-3-6-21(24)29)17-14-18(15-17)33-28(37)20-11-13-30-22-7-5-12-31-25(20)22/h3-13,16-18H,2,14-15H2,1H3,(H,33,37). The van der Waals surface area contributed by atoms with Crippen LogP contribution in [0.2, 0.25) is 5.02 Å². The minimum Gasteiger partial charge on any atom is -0.492 e. The molecule has 0 atom stereocenters. The molecule has 6 rings (SSSR count). The molecule has 4 heterocycles. The Morgan fingerprint density at radius 1 is 1.03 bits per heavy atom. The van der Waals surface area contributed by atoms with Crippen LogP contribution in [-0.2, 0) is 0 Å². The van der Waals surface area contributed by atoms with E-state index in [0.29, 0.717) is 45.5 Å². The highest BCUT2D eigenvalue weighted by Crippen LogP contribution is 2.39. The lowest BCUT2D eigenvalue weighted by atomic mass is 9.79. The number of carbonyl (C=O) groups excluding carboxylic acids is 1. The molecule has 1 aromatic carbocycles. The maximum atomic E-state index is 13.1. The van der Waals surface area contributed by atoms with Crippen molar-refractivity contribution in [2.24, 2.45) is 0 Å². The molecule has 0 radical (unpaired) electrons. The minimum atomic E-state index is -0.161. The molecule has 5 aromatic rings. The van der Waals surface area contributed by atoms with Crippen molar-refractivity contribution in [3.63, 3.8) is 0 Å². The summed E-state index contributed by atoms with van der Waals surface area (Å²) in [6, 6.07) is 16.7. The number of benzene rings is 1. The molecular weight excluding hydrogens is 502 g/mol. The van der Waals surface area contributed by atoms with E-state index in [2.05, 4.69) is 30.5 Å². The highest BCUT2D eigenvalue weighted by atomic mass is 35.5. The Hall–Kier alpha value is -4.37. The number of ether oxygens (including phenoxy) is 1. The van der Waals surface area contributed by atoms with E-state index in [0.717, 1.165) is 24.4 Å². The maximum Gasteiger partial charge on any atom is 0.253 e. The summed E-state index contributed by atoms with van der Waals surface area (Å²) in [6.45, 7) is 2.49. The van der Waals surface area contributed by atoms with E-state index in [4.69, 9.17) is 16.3 Å². The fraction of sp³-hybridized carbons (Fsp3) is 0.214. The van der Waals surface area contributed by atoms with E-state index >= 15 is 0 Å². The van der Waals surface area contributed by atoms with Gasteiger partial charge in [-0.1, -0.05) is 23.7 Å². The van der Waals surface area contributed by atoms with Crippen LogP contribution in [0.5, 0.6) is 5.75 Å². The van der Waals surface area contributed by atoms with Crippen molar-refractivity contribution in [2.45, 2.75) is 31.7 Å². The van der Waals surface area contributed by atoms with Crippen LogP contribution < -0.4 is 10.1 Å². The highest BCUT2D eigenvalue weighted by Gasteiger charge is 2.36. The van der Waals surface area contributed by atoms with Crippen LogP contribution in [0, 0.1) is 0 Å². The molecular formula is C28H24ClN7O2. The van der Waals surface area contributed by atoms with Gasteiger partial charge in [0.05, 0.1) is 34.6 Å². The van der Waals surface area contributed by atoms with E-state index in [1.807, 2.05) is 54.0 Å². The number of nitrogens with one attached hydrogen (secondary N) is 1. The summed E-state index contributed by atoms with van der Waals surface area (Å²) in [7, 11) is 0. The predicted molar refractivity (Wildman–Crippen MR) is 144 cm³/mol. The lowest BCUT2D eigenvalue weighted by molar-refractivity contribution is 0.0908. The third-order valence-electron chi connectivity index (χ3n) is 6.64. The summed E-state index contributed by atoms with van der Waals surface area (Å²) in [5.74, 6) is 2.00. The first-order valence-corrected chi connectivity index (χ1v) is 12.8. The number of aromatic nitrogens is 6. The number of carbonyl (C=O) groups is 1. The SMILES string of the molecule is CCOc1ccc(-c2nnc(C3CC(NC(=O)c4ccnc5cccnc45)C3)n2-c2ccccc2Cl)nc1. The molecule has 0 unspecified atom stereocenters. The molecule has 1 N–H and O–H groups in total. The first kappa shape index (κ1) is 24.0. The van der Waals surface area contributed by atoms with E-state index in [1.165, 1.54) is 0 Å². The molecule has 4 aromatic heterocycles. The van der Waals surface area contributed by atoms with Gasteiger partial charge in [-0.2, -0.15) is 0 Å². The molecule has 38 heavy (non-hydrogen) atoms. The topological polar surface area (TPSA) is 108 Å². The van der Waals surface area contributed by atoms with Crippen molar-refractivity contribution < 1.29 is 9.53 Å². The second-order valence-electron chi connectivity index (χ2n) is 9.05. The molecule has 1 fully saturated rings. The number of fused-ring (bicyclic) bond motifs is 1. The lowest BCUT2D eigenvalue weighted by Crippen LogP contribution is -2.44. The number of halogens is 1. The fourth-order valence-electron chi connectivity index (χ4n) is 4.73. The first-order valence-electron chi connectivity index (χ1n) is 12.4. The Balaban J connectivity index is 1.25. The Labute approximate surface area is 223 Å². The quantitative estimate of drug-likeness (QED) is 0.318. The Bertz CT molecular complexity index is 1610. The van der Waals surface area contributed by atoms with Gasteiger partial charge in [-0.05, 0) is 62.2 Å². The van der Waals surface area contributed by atoms with E-state index in [1.54, 1.807) is 30.7 Å². The smallest absolute Gasteiger partial charge is 0.253 e. The Morgan fingerprint density at radius 2 is 1.89 bits per heavy atom. The molecule has 1 aliphatic carbocycles. The summed E-state index contributed by atoms with van der Waals surface area (Å²) in [6.07, 6.45) is 6.42. The third kappa shape index (κ3) is 4.45. The van der Waals surface area contributed by atoms with Gasteiger partial charge in [0.25, 0.3) is 5.91 Å². The monoisotopic (exact) mass is 525 g/mol. The normalized spacial score (nSPS) is 16.7. The van der Waals surface area contributed by atoms with Gasteiger partial charge in [0.1, 0.15) is 22.8 Å². The number of rotatable bonds is 7. The van der Waals surface area contributed by atoms with E-state index < -0.39 is 0 Å². The van der Waals surface area contributed by atoms with Gasteiger partial charge in [0.15, 0.2) is 5.82 Å². The Morgan fingerprint density at radius 3 is 2.68 bits per heavy atom. The second-order valence-corrected chi connectivity index (χ2v) is 9.46. The van der Waals surface area contributed by atoms with Crippen LogP contribution in [0.15, 0.2) is 73.2 Å². The number of pyridine rings is 3. The molecule has 1 saturated carbocycles. The molecule has 0 spiro atoms. The zero-order chi connectivity index (χ0) is 26.1. The van der Waals surface area contributed by atoms with Crippen molar-refractivity contribution >= 4 is 28.5 Å². The van der Waals surface area contributed by atoms with Gasteiger partial charge >= 0.3 is 0 Å². The summed E-state index contributed by atoms with van der Waals surface area (Å²) < 4.78 is 7.50. The van der Waals surface area contributed by atoms with Crippen LogP contribution in [-0.4, -0.2) is 48.3 Å². The van der Waals surface area contributed by atoms with Crippen molar-refractivity contribution in [3.8, 4) is 23.0 Å². The van der Waals surface area contributed by atoms with Crippen LogP contribution in [0.25, 0.3) is 28.2 Å². The predicted octanol–water partition coefficient (Wildman–Crippen LogP) is 5.00. The molecule has 0 aliphatic heterocycles. The number of para-hydroxylation sites is 1. The lowest BCUT2D eigenvalue weighted by Gasteiger charge is -2.35. The molecule has 10 heteroatoms. The second kappa shape index (κ2) is 10.2. The Kier molecular flexibility index (Phi) is 6.43. The minimum absolute atomic E-state index is 0.00266. The molecule has 1 aliphatic rings. The average molecular weight is 526 g/mol. The average Bonchev–Trinajstić information content (AvgIpc) is 3.35. The zero-order valence-electron chi connectivity index (χ0n) is 20.6. The van der Waals surface area contributed by atoms with Crippen molar-refractivity contribution in [2.75, 3.05) is 6.61 Å². The van der Waals surface area contributed by atoms with Gasteiger partial charge in [0.2, 0.25) is 0 Å². The molecule has 1 amide bonds. The molecule has 190 valence electrons. The number of amides is 1. The van der Waals surface area contributed by atoms with Crippen LogP contribution >= 0.6 is 11.6 Å². The van der Waals surface area contributed by atoms with Gasteiger partial charge in [-0.15, -0.1) is 10.2 Å². The van der Waals surface area contributed by atoms with E-state index in [-0.39, 0.29) is 17.9 Å². The van der Waals surface area contributed by atoms with Crippen molar-refractivity contribution in [3.05, 3.63) is 89.6 Å². The molecule has 9 nitrogen and oxygen atoms in total. The van der Waals surface area contributed by atoms with Crippen LogP contribution in [0.4, 0.5) is 0 Å². The third-order valence-corrected chi connectivity index (χ3v) is 6.96. The fourth-order valence-corrected chi connectivity index (χ4v) is 4.95. The number of nitrogens with zero attached hydrogens (tertiary/aromatic N) is 6. The molecule has 0 saturated heterocycles. The van der Waals surface area contributed by atoms with Crippen molar-refractivity contribution in [1.29, 1.82) is 0 Å². The van der Waals surface area contributed by atoms with Crippen LogP contribution in [0.3, 0.4) is 0 Å². The summed E-state index contributed by atoms with van der Waals surface area (Å²) >= 11 is 6.61. The van der Waals surface area contributed by atoms with Crippen molar-refractivity contribution in [1.82, 2.24) is 35.0 Å². The zero-order valence-corrected chi connectivity index (χ0v) is 21.3. The van der Waals surface area contributed by atoms with Gasteiger partial charge < -0.3 is 10.1 Å². The largest absolute Gasteiger partial charge is 0.492 e. The highest BCUT2D eigenvalue weighted by molar-refractivity contribution is 6.32. The van der Waals surface area contributed by atoms with E-state index in [9.17, 15) is 4.79 Å². The van der Waals surface area contributed by atoms with Gasteiger partial charge in [-0.3, -0.25) is 19.3 Å². The number of hydrogen-bond donors (Lipinski definition) is 1. The summed E-state index contributed by atoms with van der Waals surface area (Å²) in [5, 5.41) is 12.8.